The van der Waals surface area contributed by atoms with Crippen molar-refractivity contribution in [2.75, 3.05) is 34.2 Å². The van der Waals surface area contributed by atoms with Gasteiger partial charge in [0.2, 0.25) is 11.8 Å². The molecule has 110 valence electrons. The van der Waals surface area contributed by atoms with Crippen molar-refractivity contribution in [2.24, 2.45) is 5.92 Å². The van der Waals surface area contributed by atoms with Gasteiger partial charge in [-0.1, -0.05) is 0 Å². The lowest BCUT2D eigenvalue weighted by Crippen LogP contribution is -2.38. The summed E-state index contributed by atoms with van der Waals surface area (Å²) in [6.07, 6.45) is 0.327. The number of carbonyl (C=O) groups is 2. The molecule has 5 nitrogen and oxygen atoms in total. The molecule has 0 unspecified atom stereocenters. The minimum Gasteiger partial charge on any atom is -0.354 e. The number of hydrogen-bond acceptors (Lipinski definition) is 4. The molecule has 0 aliphatic carbocycles. The van der Waals surface area contributed by atoms with E-state index in [2.05, 4.69) is 21.7 Å². The number of carbonyl (C=O) groups excluding carboxylic acids is 2. The molecule has 1 saturated heterocycles. The number of hydrogen-bond donors (Lipinski definition) is 1. The van der Waals surface area contributed by atoms with Crippen LogP contribution in [0.1, 0.15) is 18.0 Å². The molecule has 1 aromatic rings. The molecule has 0 radical (unpaired) electrons. The van der Waals surface area contributed by atoms with Gasteiger partial charge in [0, 0.05) is 26.6 Å². The van der Waals surface area contributed by atoms with Crippen molar-refractivity contribution in [2.45, 2.75) is 12.5 Å². The van der Waals surface area contributed by atoms with Crippen LogP contribution < -0.4 is 5.32 Å². The lowest BCUT2D eigenvalue weighted by molar-refractivity contribution is -0.128. The molecule has 1 aliphatic heterocycles. The molecular formula is C14H21N3O2S. The summed E-state index contributed by atoms with van der Waals surface area (Å²) in [5, 5.41) is 7.12. The number of nitrogens with one attached hydrogen (secondary N) is 1. The second-order valence-corrected chi connectivity index (χ2v) is 6.24. The van der Waals surface area contributed by atoms with E-state index >= 15 is 0 Å². The first kappa shape index (κ1) is 15.0. The van der Waals surface area contributed by atoms with Gasteiger partial charge in [-0.3, -0.25) is 9.59 Å². The fourth-order valence-corrected chi connectivity index (χ4v) is 3.15. The van der Waals surface area contributed by atoms with Gasteiger partial charge >= 0.3 is 0 Å². The highest BCUT2D eigenvalue weighted by atomic mass is 32.1. The molecule has 2 atom stereocenters. The summed E-state index contributed by atoms with van der Waals surface area (Å²) in [5.74, 6) is -0.185. The molecule has 1 fully saturated rings. The molecule has 2 rings (SSSR count). The Morgan fingerprint density at radius 1 is 1.60 bits per heavy atom. The number of amides is 2. The van der Waals surface area contributed by atoms with Crippen molar-refractivity contribution < 1.29 is 9.59 Å². The lowest BCUT2D eigenvalue weighted by atomic mass is 10.1. The first-order valence-electron chi connectivity index (χ1n) is 6.69. The van der Waals surface area contributed by atoms with Gasteiger partial charge < -0.3 is 15.1 Å². The summed E-state index contributed by atoms with van der Waals surface area (Å²) >= 11 is 1.65. The van der Waals surface area contributed by atoms with Crippen molar-refractivity contribution >= 4 is 23.2 Å². The van der Waals surface area contributed by atoms with Crippen molar-refractivity contribution in [3.8, 4) is 0 Å². The highest BCUT2D eigenvalue weighted by Crippen LogP contribution is 2.21. The maximum Gasteiger partial charge on any atom is 0.225 e. The van der Waals surface area contributed by atoms with E-state index in [9.17, 15) is 9.59 Å². The molecule has 0 aromatic carbocycles. The minimum absolute atomic E-state index is 0.0234. The third kappa shape index (κ3) is 3.37. The molecule has 2 heterocycles. The van der Waals surface area contributed by atoms with Crippen LogP contribution in [0.5, 0.6) is 0 Å². The third-order valence-electron chi connectivity index (χ3n) is 3.73. The predicted octanol–water partition coefficient (Wildman–Crippen LogP) is 0.945. The largest absolute Gasteiger partial charge is 0.354 e. The first-order chi connectivity index (χ1) is 9.49. The molecule has 0 saturated carbocycles. The minimum atomic E-state index is -0.210. The maximum atomic E-state index is 12.1. The van der Waals surface area contributed by atoms with Gasteiger partial charge in [-0.25, -0.2) is 0 Å². The Labute approximate surface area is 123 Å². The maximum absolute atomic E-state index is 12.1. The van der Waals surface area contributed by atoms with Crippen LogP contribution in [0.3, 0.4) is 0 Å². The van der Waals surface area contributed by atoms with Crippen LogP contribution in [0.15, 0.2) is 16.8 Å². The van der Waals surface area contributed by atoms with E-state index in [1.807, 2.05) is 19.5 Å². The number of nitrogens with zero attached hydrogens (tertiary/aromatic N) is 2. The summed E-state index contributed by atoms with van der Waals surface area (Å²) in [4.78, 5) is 27.3. The average molecular weight is 295 g/mol. The number of likely N-dealkylation sites (tertiary alicyclic amines) is 1. The zero-order chi connectivity index (χ0) is 14.7. The van der Waals surface area contributed by atoms with Crippen molar-refractivity contribution in [1.29, 1.82) is 0 Å². The average Bonchev–Trinajstić information content (AvgIpc) is 3.00. The van der Waals surface area contributed by atoms with E-state index in [0.29, 0.717) is 19.5 Å². The first-order valence-corrected chi connectivity index (χ1v) is 7.63. The second kappa shape index (κ2) is 6.37. The summed E-state index contributed by atoms with van der Waals surface area (Å²) < 4.78 is 0. The van der Waals surface area contributed by atoms with Crippen molar-refractivity contribution in [1.82, 2.24) is 15.1 Å². The second-order valence-electron chi connectivity index (χ2n) is 5.46. The lowest BCUT2D eigenvalue weighted by Gasteiger charge is -2.24. The molecule has 20 heavy (non-hydrogen) atoms. The Morgan fingerprint density at radius 3 is 2.85 bits per heavy atom. The van der Waals surface area contributed by atoms with Crippen LogP contribution in [0, 0.1) is 5.92 Å². The van der Waals surface area contributed by atoms with Gasteiger partial charge in [-0.2, -0.15) is 11.3 Å². The summed E-state index contributed by atoms with van der Waals surface area (Å²) in [6.45, 7) is 1.09. The highest BCUT2D eigenvalue weighted by molar-refractivity contribution is 7.07. The Morgan fingerprint density at radius 2 is 2.35 bits per heavy atom. The molecule has 0 spiro atoms. The standard InChI is InChI=1S/C14H21N3O2S/c1-16(2)12(10-4-5-20-9-10)7-15-14(19)11-6-13(18)17(3)8-11/h4-5,9,11-12H,6-8H2,1-3H3,(H,15,19)/t11-,12-/m1/s1. The van der Waals surface area contributed by atoms with Crippen LogP contribution in [0.25, 0.3) is 0 Å². The van der Waals surface area contributed by atoms with Crippen LogP contribution in [0.2, 0.25) is 0 Å². The summed E-state index contributed by atoms with van der Waals surface area (Å²) in [7, 11) is 5.74. The van der Waals surface area contributed by atoms with Gasteiger partial charge in [-0.05, 0) is 36.5 Å². The molecule has 1 aliphatic rings. The van der Waals surface area contributed by atoms with E-state index in [0.717, 1.165) is 0 Å². The predicted molar refractivity (Wildman–Crippen MR) is 79.5 cm³/mol. The van der Waals surface area contributed by atoms with Crippen LogP contribution >= 0.6 is 11.3 Å². The van der Waals surface area contributed by atoms with E-state index < -0.39 is 0 Å². The van der Waals surface area contributed by atoms with Crippen molar-refractivity contribution in [3.63, 3.8) is 0 Å². The molecule has 2 amide bonds. The Balaban J connectivity index is 1.90. The molecular weight excluding hydrogens is 274 g/mol. The summed E-state index contributed by atoms with van der Waals surface area (Å²) in [6, 6.07) is 2.24. The van der Waals surface area contributed by atoms with E-state index in [4.69, 9.17) is 0 Å². The van der Waals surface area contributed by atoms with E-state index in [1.165, 1.54) is 5.56 Å². The van der Waals surface area contributed by atoms with Gasteiger partial charge in [0.05, 0.1) is 12.0 Å². The van der Waals surface area contributed by atoms with Crippen LogP contribution in [-0.4, -0.2) is 55.8 Å². The van der Waals surface area contributed by atoms with Crippen LogP contribution in [0.4, 0.5) is 0 Å². The monoisotopic (exact) mass is 295 g/mol. The molecule has 0 bridgehead atoms. The fraction of sp³-hybridized carbons (Fsp3) is 0.571. The molecule has 1 N–H and O–H groups in total. The number of rotatable bonds is 5. The zero-order valence-corrected chi connectivity index (χ0v) is 12.9. The highest BCUT2D eigenvalue weighted by Gasteiger charge is 2.32. The van der Waals surface area contributed by atoms with E-state index in [-0.39, 0.29) is 23.8 Å². The van der Waals surface area contributed by atoms with Gasteiger partial charge in [0.15, 0.2) is 0 Å². The van der Waals surface area contributed by atoms with Gasteiger partial charge in [0.25, 0.3) is 0 Å². The fourth-order valence-electron chi connectivity index (χ4n) is 2.44. The van der Waals surface area contributed by atoms with Gasteiger partial charge in [-0.15, -0.1) is 0 Å². The van der Waals surface area contributed by atoms with Crippen molar-refractivity contribution in [3.05, 3.63) is 22.4 Å². The normalized spacial score (nSPS) is 20.5. The number of likely N-dealkylation sites (N-methyl/N-ethyl adjacent to an activating group) is 1. The smallest absolute Gasteiger partial charge is 0.225 e. The topological polar surface area (TPSA) is 52.7 Å². The van der Waals surface area contributed by atoms with E-state index in [1.54, 1.807) is 23.3 Å². The quantitative estimate of drug-likeness (QED) is 0.880. The SMILES string of the molecule is CN1C[C@H](C(=O)NC[C@H](c2ccsc2)N(C)C)CC1=O. The van der Waals surface area contributed by atoms with Crippen LogP contribution in [-0.2, 0) is 9.59 Å². The Kier molecular flexibility index (Phi) is 4.77. The Hall–Kier alpha value is -1.40. The summed E-state index contributed by atoms with van der Waals surface area (Å²) in [5.41, 5.74) is 1.21. The zero-order valence-electron chi connectivity index (χ0n) is 12.1. The molecule has 6 heteroatoms. The molecule has 1 aromatic heterocycles. The number of thiophene rings is 1. The third-order valence-corrected chi connectivity index (χ3v) is 4.43. The van der Waals surface area contributed by atoms with Gasteiger partial charge in [0.1, 0.15) is 0 Å². The Bertz CT molecular complexity index is 473.